The van der Waals surface area contributed by atoms with Crippen molar-refractivity contribution in [1.29, 1.82) is 0 Å². The smallest absolute Gasteiger partial charge is 0.137 e. The number of hydrogen-bond acceptors (Lipinski definition) is 2. The number of aromatic amines is 1. The molecule has 4 aromatic rings. The molecular formula is C21H18N2O. The lowest BCUT2D eigenvalue weighted by atomic mass is 9.99. The van der Waals surface area contributed by atoms with Gasteiger partial charge in [0, 0.05) is 28.9 Å². The summed E-state index contributed by atoms with van der Waals surface area (Å²) in [5.41, 5.74) is 7.64. The van der Waals surface area contributed by atoms with Gasteiger partial charge in [-0.2, -0.15) is 0 Å². The van der Waals surface area contributed by atoms with E-state index in [-0.39, 0.29) is 5.75 Å². The van der Waals surface area contributed by atoms with Gasteiger partial charge in [0.2, 0.25) is 0 Å². The summed E-state index contributed by atoms with van der Waals surface area (Å²) in [6.07, 6.45) is 3.84. The van der Waals surface area contributed by atoms with Gasteiger partial charge in [0.25, 0.3) is 0 Å². The summed E-state index contributed by atoms with van der Waals surface area (Å²) in [7, 11) is 0. The number of nitrogens with zero attached hydrogens (tertiary/aromatic N) is 1. The lowest BCUT2D eigenvalue weighted by Gasteiger charge is -2.06. The minimum absolute atomic E-state index is 0.260. The van der Waals surface area contributed by atoms with Crippen LogP contribution in [0.2, 0.25) is 0 Å². The average Bonchev–Trinajstić information content (AvgIpc) is 2.97. The summed E-state index contributed by atoms with van der Waals surface area (Å²) in [5, 5.41) is 10.8. The number of aryl methyl sites for hydroxylation is 2. The van der Waals surface area contributed by atoms with E-state index in [0.717, 1.165) is 27.7 Å². The Morgan fingerprint density at radius 2 is 1.67 bits per heavy atom. The van der Waals surface area contributed by atoms with Gasteiger partial charge in [-0.25, -0.2) is 4.98 Å². The van der Waals surface area contributed by atoms with Gasteiger partial charge in [-0.15, -0.1) is 0 Å². The Bertz CT molecular complexity index is 1030. The van der Waals surface area contributed by atoms with Gasteiger partial charge in [0.1, 0.15) is 11.4 Å². The lowest BCUT2D eigenvalue weighted by molar-refractivity contribution is 0.475. The molecule has 0 radical (unpaired) electrons. The van der Waals surface area contributed by atoms with Crippen LogP contribution in [0, 0.1) is 13.8 Å². The molecule has 0 saturated heterocycles. The molecule has 0 fully saturated rings. The number of benzene rings is 2. The Labute approximate surface area is 140 Å². The summed E-state index contributed by atoms with van der Waals surface area (Å²) in [6, 6.07) is 15.9. The van der Waals surface area contributed by atoms with Crippen molar-refractivity contribution in [2.24, 2.45) is 0 Å². The van der Waals surface area contributed by atoms with Crippen LogP contribution >= 0.6 is 0 Å². The number of aromatic hydroxyl groups is 1. The summed E-state index contributed by atoms with van der Waals surface area (Å²) in [5.74, 6) is 0.260. The van der Waals surface area contributed by atoms with Crippen molar-refractivity contribution in [3.8, 4) is 28.0 Å². The Balaban J connectivity index is 1.90. The third kappa shape index (κ3) is 2.54. The fourth-order valence-electron chi connectivity index (χ4n) is 3.22. The normalized spacial score (nSPS) is 11.1. The van der Waals surface area contributed by atoms with Gasteiger partial charge < -0.3 is 10.1 Å². The summed E-state index contributed by atoms with van der Waals surface area (Å²) >= 11 is 0. The molecule has 3 heteroatoms. The molecule has 2 heterocycles. The Morgan fingerprint density at radius 3 is 2.42 bits per heavy atom. The molecule has 2 aromatic carbocycles. The van der Waals surface area contributed by atoms with Gasteiger partial charge in [0.15, 0.2) is 0 Å². The van der Waals surface area contributed by atoms with E-state index in [0.29, 0.717) is 0 Å². The number of rotatable bonds is 2. The van der Waals surface area contributed by atoms with Gasteiger partial charge in [-0.3, -0.25) is 0 Å². The molecule has 0 amide bonds. The van der Waals surface area contributed by atoms with Crippen molar-refractivity contribution in [2.75, 3.05) is 0 Å². The molecule has 0 aliphatic heterocycles. The van der Waals surface area contributed by atoms with E-state index in [1.165, 1.54) is 16.7 Å². The lowest BCUT2D eigenvalue weighted by Crippen LogP contribution is -1.84. The second-order valence-corrected chi connectivity index (χ2v) is 6.25. The zero-order valence-electron chi connectivity index (χ0n) is 13.7. The maximum atomic E-state index is 9.71. The highest BCUT2D eigenvalue weighted by atomic mass is 16.3. The van der Waals surface area contributed by atoms with Crippen LogP contribution < -0.4 is 0 Å². The molecule has 0 atom stereocenters. The quantitative estimate of drug-likeness (QED) is 0.533. The zero-order valence-corrected chi connectivity index (χ0v) is 13.7. The highest BCUT2D eigenvalue weighted by molar-refractivity contribution is 5.96. The molecule has 0 aliphatic carbocycles. The van der Waals surface area contributed by atoms with E-state index < -0.39 is 0 Å². The number of nitrogens with one attached hydrogen (secondary N) is 1. The summed E-state index contributed by atoms with van der Waals surface area (Å²) < 4.78 is 0. The monoisotopic (exact) mass is 314 g/mol. The van der Waals surface area contributed by atoms with E-state index >= 15 is 0 Å². The standard InChI is InChI=1S/C21H18N2O/c1-13-6-14(2)8-16(7-13)20-12-23-21-19(20)10-17(11-22-21)15-4-3-5-18(24)9-15/h3-12,24H,1-2H3,(H,22,23). The summed E-state index contributed by atoms with van der Waals surface area (Å²) in [6.45, 7) is 4.23. The predicted octanol–water partition coefficient (Wildman–Crippen LogP) is 5.22. The molecule has 24 heavy (non-hydrogen) atoms. The molecule has 118 valence electrons. The number of phenols is 1. The van der Waals surface area contributed by atoms with Crippen LogP contribution in [-0.2, 0) is 0 Å². The van der Waals surface area contributed by atoms with Crippen molar-refractivity contribution < 1.29 is 5.11 Å². The molecule has 0 spiro atoms. The van der Waals surface area contributed by atoms with Crippen molar-refractivity contribution >= 4 is 11.0 Å². The van der Waals surface area contributed by atoms with Crippen LogP contribution in [0.4, 0.5) is 0 Å². The number of fused-ring (bicyclic) bond motifs is 1. The molecule has 3 nitrogen and oxygen atoms in total. The fourth-order valence-corrected chi connectivity index (χ4v) is 3.22. The molecule has 0 bridgehead atoms. The van der Waals surface area contributed by atoms with Crippen molar-refractivity contribution in [3.05, 3.63) is 72.1 Å². The van der Waals surface area contributed by atoms with Crippen molar-refractivity contribution in [3.63, 3.8) is 0 Å². The van der Waals surface area contributed by atoms with Crippen LogP contribution in [0.25, 0.3) is 33.3 Å². The van der Waals surface area contributed by atoms with Gasteiger partial charge >= 0.3 is 0 Å². The molecule has 0 aliphatic rings. The summed E-state index contributed by atoms with van der Waals surface area (Å²) in [4.78, 5) is 7.80. The number of hydrogen-bond donors (Lipinski definition) is 2. The van der Waals surface area contributed by atoms with Crippen LogP contribution in [0.5, 0.6) is 5.75 Å². The Kier molecular flexibility index (Phi) is 3.35. The highest BCUT2D eigenvalue weighted by Crippen LogP contribution is 2.32. The SMILES string of the molecule is Cc1cc(C)cc(-c2c[nH]c3ncc(-c4cccc(O)c4)cc23)c1. The molecule has 2 aromatic heterocycles. The van der Waals surface area contributed by atoms with Crippen molar-refractivity contribution in [2.45, 2.75) is 13.8 Å². The van der Waals surface area contributed by atoms with Crippen LogP contribution in [0.3, 0.4) is 0 Å². The maximum absolute atomic E-state index is 9.71. The predicted molar refractivity (Wildman–Crippen MR) is 98.1 cm³/mol. The Hall–Kier alpha value is -3.07. The average molecular weight is 314 g/mol. The molecule has 2 N–H and O–H groups in total. The third-order valence-electron chi connectivity index (χ3n) is 4.24. The van der Waals surface area contributed by atoms with E-state index in [2.05, 4.69) is 48.1 Å². The van der Waals surface area contributed by atoms with Gasteiger partial charge in [-0.1, -0.05) is 41.5 Å². The van der Waals surface area contributed by atoms with E-state index in [1.807, 2.05) is 24.5 Å². The van der Waals surface area contributed by atoms with Crippen LogP contribution in [-0.4, -0.2) is 15.1 Å². The number of H-pyrrole nitrogens is 1. The minimum Gasteiger partial charge on any atom is -0.508 e. The largest absolute Gasteiger partial charge is 0.508 e. The zero-order chi connectivity index (χ0) is 16.7. The number of aromatic nitrogens is 2. The molecular weight excluding hydrogens is 296 g/mol. The first kappa shape index (κ1) is 14.5. The molecule has 0 saturated carbocycles. The second-order valence-electron chi connectivity index (χ2n) is 6.25. The number of pyridine rings is 1. The first-order valence-electron chi connectivity index (χ1n) is 7.95. The first-order chi connectivity index (χ1) is 11.6. The molecule has 0 unspecified atom stereocenters. The fraction of sp³-hybridized carbons (Fsp3) is 0.0952. The third-order valence-corrected chi connectivity index (χ3v) is 4.24. The second kappa shape index (κ2) is 5.53. The van der Waals surface area contributed by atoms with E-state index in [9.17, 15) is 5.11 Å². The van der Waals surface area contributed by atoms with Crippen LogP contribution in [0.15, 0.2) is 60.9 Å². The topological polar surface area (TPSA) is 48.9 Å². The van der Waals surface area contributed by atoms with E-state index in [1.54, 1.807) is 12.1 Å². The highest BCUT2D eigenvalue weighted by Gasteiger charge is 2.10. The minimum atomic E-state index is 0.260. The van der Waals surface area contributed by atoms with Gasteiger partial charge in [-0.05, 0) is 43.2 Å². The Morgan fingerprint density at radius 1 is 0.875 bits per heavy atom. The van der Waals surface area contributed by atoms with E-state index in [4.69, 9.17) is 0 Å². The van der Waals surface area contributed by atoms with Crippen molar-refractivity contribution in [1.82, 2.24) is 9.97 Å². The molecule has 4 rings (SSSR count). The van der Waals surface area contributed by atoms with Gasteiger partial charge in [0.05, 0.1) is 0 Å². The maximum Gasteiger partial charge on any atom is 0.137 e. The number of phenolic OH excluding ortho intramolecular Hbond substituents is 1. The first-order valence-corrected chi connectivity index (χ1v) is 7.95. The van der Waals surface area contributed by atoms with Crippen LogP contribution in [0.1, 0.15) is 11.1 Å².